The first-order valence-electron chi connectivity index (χ1n) is 9.47. The molecule has 0 bridgehead atoms. The minimum absolute atomic E-state index is 0.0595. The van der Waals surface area contributed by atoms with E-state index in [0.29, 0.717) is 28.4 Å². The molecule has 8 heteroatoms. The third-order valence-corrected chi connectivity index (χ3v) is 6.24. The second-order valence-corrected chi connectivity index (χ2v) is 8.63. The van der Waals surface area contributed by atoms with Crippen LogP contribution < -0.4 is 19.5 Å². The Hall–Kier alpha value is -3.52. The molecule has 0 radical (unpaired) electrons. The van der Waals surface area contributed by atoms with Gasteiger partial charge in [-0.1, -0.05) is 6.07 Å². The second kappa shape index (κ2) is 9.09. The number of ether oxygens (including phenoxy) is 2. The van der Waals surface area contributed by atoms with E-state index in [2.05, 4.69) is 10.0 Å². The van der Waals surface area contributed by atoms with Crippen molar-refractivity contribution in [2.45, 2.75) is 18.7 Å². The summed E-state index contributed by atoms with van der Waals surface area (Å²) in [6, 6.07) is 16.1. The Morgan fingerprint density at radius 3 is 2.16 bits per heavy atom. The molecule has 0 aliphatic heterocycles. The van der Waals surface area contributed by atoms with Gasteiger partial charge in [0.1, 0.15) is 11.5 Å². The number of sulfonamides is 1. The molecule has 0 aromatic heterocycles. The lowest BCUT2D eigenvalue weighted by atomic mass is 10.1. The van der Waals surface area contributed by atoms with Gasteiger partial charge in [-0.05, 0) is 73.5 Å². The van der Waals surface area contributed by atoms with E-state index in [1.54, 1.807) is 30.3 Å². The average molecular weight is 441 g/mol. The Balaban J connectivity index is 1.76. The lowest BCUT2D eigenvalue weighted by Gasteiger charge is -2.12. The molecule has 3 aromatic rings. The molecule has 0 fully saturated rings. The van der Waals surface area contributed by atoms with Crippen LogP contribution in [-0.4, -0.2) is 28.5 Å². The van der Waals surface area contributed by atoms with Gasteiger partial charge >= 0.3 is 0 Å². The third-order valence-electron chi connectivity index (χ3n) is 4.84. The number of nitrogens with one attached hydrogen (secondary N) is 2. The minimum atomic E-state index is -3.78. The Bertz CT molecular complexity index is 1210. The zero-order valence-corrected chi connectivity index (χ0v) is 18.5. The SMILES string of the molecule is COc1ccc(NC(=O)c2ccc(S(=O)(=O)Nc3ccc(C)c(C)c3)cc2)c(OC)c1. The minimum Gasteiger partial charge on any atom is -0.497 e. The van der Waals surface area contributed by atoms with Gasteiger partial charge in [0.15, 0.2) is 0 Å². The number of amides is 1. The average Bonchev–Trinajstić information content (AvgIpc) is 2.76. The number of rotatable bonds is 7. The molecule has 31 heavy (non-hydrogen) atoms. The predicted molar refractivity (Wildman–Crippen MR) is 121 cm³/mol. The van der Waals surface area contributed by atoms with Crippen molar-refractivity contribution in [1.29, 1.82) is 0 Å². The molecule has 2 N–H and O–H groups in total. The smallest absolute Gasteiger partial charge is 0.261 e. The van der Waals surface area contributed by atoms with Crippen LogP contribution in [0, 0.1) is 13.8 Å². The van der Waals surface area contributed by atoms with E-state index in [1.165, 1.54) is 38.5 Å². The summed E-state index contributed by atoms with van der Waals surface area (Å²) in [7, 11) is -0.746. The van der Waals surface area contributed by atoms with Gasteiger partial charge in [0, 0.05) is 17.3 Å². The fourth-order valence-electron chi connectivity index (χ4n) is 2.90. The normalized spacial score (nSPS) is 11.0. The molecule has 1 amide bonds. The van der Waals surface area contributed by atoms with E-state index >= 15 is 0 Å². The molecule has 3 aromatic carbocycles. The van der Waals surface area contributed by atoms with Crippen molar-refractivity contribution in [3.05, 3.63) is 77.4 Å². The van der Waals surface area contributed by atoms with Crippen LogP contribution in [0.5, 0.6) is 11.5 Å². The first-order chi connectivity index (χ1) is 14.7. The standard InChI is InChI=1S/C23H24N2O5S/c1-15-5-8-18(13-16(15)2)25-31(27,28)20-10-6-17(7-11-20)23(26)24-21-12-9-19(29-3)14-22(21)30-4/h5-14,25H,1-4H3,(H,24,26). The first-order valence-corrected chi connectivity index (χ1v) is 11.0. The maximum atomic E-state index is 12.7. The summed E-state index contributed by atoms with van der Waals surface area (Å²) < 4.78 is 38.3. The van der Waals surface area contributed by atoms with E-state index in [9.17, 15) is 13.2 Å². The van der Waals surface area contributed by atoms with Crippen molar-refractivity contribution in [1.82, 2.24) is 0 Å². The van der Waals surface area contributed by atoms with E-state index in [4.69, 9.17) is 9.47 Å². The van der Waals surface area contributed by atoms with E-state index in [0.717, 1.165) is 11.1 Å². The molecule has 7 nitrogen and oxygen atoms in total. The van der Waals surface area contributed by atoms with Crippen LogP contribution >= 0.6 is 0 Å². The van der Waals surface area contributed by atoms with Crippen molar-refractivity contribution >= 4 is 27.3 Å². The van der Waals surface area contributed by atoms with Gasteiger partial charge in [0.25, 0.3) is 15.9 Å². The summed E-state index contributed by atoms with van der Waals surface area (Å²) in [6.07, 6.45) is 0. The quantitative estimate of drug-likeness (QED) is 0.569. The lowest BCUT2D eigenvalue weighted by molar-refractivity contribution is 0.102. The number of methoxy groups -OCH3 is 2. The molecule has 3 rings (SSSR count). The van der Waals surface area contributed by atoms with Crippen molar-refractivity contribution in [2.75, 3.05) is 24.3 Å². The van der Waals surface area contributed by atoms with Gasteiger partial charge in [-0.15, -0.1) is 0 Å². The van der Waals surface area contributed by atoms with Crippen LogP contribution in [0.25, 0.3) is 0 Å². The molecule has 162 valence electrons. The van der Waals surface area contributed by atoms with Crippen LogP contribution in [0.15, 0.2) is 65.6 Å². The largest absolute Gasteiger partial charge is 0.497 e. The molecule has 0 atom stereocenters. The molecule has 0 heterocycles. The number of benzene rings is 3. The highest BCUT2D eigenvalue weighted by Crippen LogP contribution is 2.29. The zero-order valence-electron chi connectivity index (χ0n) is 17.7. The summed E-state index contributed by atoms with van der Waals surface area (Å²) in [5.41, 5.74) is 3.33. The number of aryl methyl sites for hydroxylation is 2. The number of carbonyl (C=O) groups is 1. The van der Waals surface area contributed by atoms with Crippen LogP contribution in [0.3, 0.4) is 0 Å². The highest BCUT2D eigenvalue weighted by molar-refractivity contribution is 7.92. The van der Waals surface area contributed by atoms with Crippen LogP contribution in [-0.2, 0) is 10.0 Å². The number of carbonyl (C=O) groups excluding carboxylic acids is 1. The summed E-state index contributed by atoms with van der Waals surface area (Å²) in [5.74, 6) is 0.653. The van der Waals surface area contributed by atoms with Gasteiger partial charge in [-0.25, -0.2) is 8.42 Å². The topological polar surface area (TPSA) is 93.7 Å². The highest BCUT2D eigenvalue weighted by Gasteiger charge is 2.16. The van der Waals surface area contributed by atoms with E-state index < -0.39 is 15.9 Å². The second-order valence-electron chi connectivity index (χ2n) is 6.95. The van der Waals surface area contributed by atoms with E-state index in [-0.39, 0.29) is 4.90 Å². The van der Waals surface area contributed by atoms with Gasteiger partial charge in [0.05, 0.1) is 24.8 Å². The predicted octanol–water partition coefficient (Wildman–Crippen LogP) is 4.37. The lowest BCUT2D eigenvalue weighted by Crippen LogP contribution is -2.15. The van der Waals surface area contributed by atoms with Gasteiger partial charge in [0.2, 0.25) is 0 Å². The Morgan fingerprint density at radius 1 is 0.839 bits per heavy atom. The molecule has 0 unspecified atom stereocenters. The maximum Gasteiger partial charge on any atom is 0.261 e. The summed E-state index contributed by atoms with van der Waals surface area (Å²) in [5, 5.41) is 2.75. The van der Waals surface area contributed by atoms with Gasteiger partial charge in [-0.3, -0.25) is 9.52 Å². The Kier molecular flexibility index (Phi) is 6.50. The summed E-state index contributed by atoms with van der Waals surface area (Å²) in [4.78, 5) is 12.7. The fourth-order valence-corrected chi connectivity index (χ4v) is 3.95. The van der Waals surface area contributed by atoms with E-state index in [1.807, 2.05) is 19.9 Å². The molecule has 0 saturated carbocycles. The van der Waals surface area contributed by atoms with Crippen molar-refractivity contribution in [3.8, 4) is 11.5 Å². The van der Waals surface area contributed by atoms with Crippen molar-refractivity contribution in [2.24, 2.45) is 0 Å². The van der Waals surface area contributed by atoms with Gasteiger partial charge < -0.3 is 14.8 Å². The van der Waals surface area contributed by atoms with Gasteiger partial charge in [-0.2, -0.15) is 0 Å². The number of hydrogen-bond donors (Lipinski definition) is 2. The van der Waals surface area contributed by atoms with Crippen molar-refractivity contribution in [3.63, 3.8) is 0 Å². The zero-order chi connectivity index (χ0) is 22.6. The van der Waals surface area contributed by atoms with Crippen molar-refractivity contribution < 1.29 is 22.7 Å². The Labute approximate surface area is 182 Å². The Morgan fingerprint density at radius 2 is 1.55 bits per heavy atom. The molecule has 0 aliphatic carbocycles. The first kappa shape index (κ1) is 22.2. The molecule has 0 saturated heterocycles. The number of anilines is 2. The third kappa shape index (κ3) is 5.16. The number of hydrogen-bond acceptors (Lipinski definition) is 5. The summed E-state index contributed by atoms with van der Waals surface area (Å²) >= 11 is 0. The monoisotopic (exact) mass is 440 g/mol. The molecule has 0 aliphatic rings. The summed E-state index contributed by atoms with van der Waals surface area (Å²) in [6.45, 7) is 3.87. The van der Waals surface area contributed by atoms with Crippen LogP contribution in [0.4, 0.5) is 11.4 Å². The maximum absolute atomic E-state index is 12.7. The molecular formula is C23H24N2O5S. The van der Waals surface area contributed by atoms with Crippen LogP contribution in [0.2, 0.25) is 0 Å². The van der Waals surface area contributed by atoms with Crippen LogP contribution in [0.1, 0.15) is 21.5 Å². The molecular weight excluding hydrogens is 416 g/mol. The fraction of sp³-hybridized carbons (Fsp3) is 0.174. The highest BCUT2D eigenvalue weighted by atomic mass is 32.2. The molecule has 0 spiro atoms.